The largest absolute Gasteiger partial charge is 0.444 e. The third kappa shape index (κ3) is 2.69. The predicted molar refractivity (Wildman–Crippen MR) is 65.4 cm³/mol. The van der Waals surface area contributed by atoms with Crippen molar-refractivity contribution < 1.29 is 9.53 Å². The van der Waals surface area contributed by atoms with Crippen LogP contribution in [0.5, 0.6) is 0 Å². The van der Waals surface area contributed by atoms with Crippen LogP contribution in [-0.4, -0.2) is 29.7 Å². The quantitative estimate of drug-likeness (QED) is 0.724. The normalized spacial score (nSPS) is 19.6. The molecule has 16 heavy (non-hydrogen) atoms. The molecule has 1 fully saturated rings. The fraction of sp³-hybridized carbons (Fsp3) is 0.923. The average molecular weight is 227 g/mol. The predicted octanol–water partition coefficient (Wildman–Crippen LogP) is 3.29. The Hall–Kier alpha value is -0.730. The second-order valence-electron chi connectivity index (χ2n) is 6.21. The molecule has 0 aliphatic carbocycles. The van der Waals surface area contributed by atoms with Gasteiger partial charge in [-0.15, -0.1) is 0 Å². The van der Waals surface area contributed by atoms with Crippen LogP contribution >= 0.6 is 0 Å². The summed E-state index contributed by atoms with van der Waals surface area (Å²) in [6.07, 6.45) is 0.960. The van der Waals surface area contributed by atoms with E-state index in [9.17, 15) is 4.79 Å². The van der Waals surface area contributed by atoms with Crippen molar-refractivity contribution in [2.45, 2.75) is 53.6 Å². The zero-order valence-electron chi connectivity index (χ0n) is 11.5. The number of hydrogen-bond acceptors (Lipinski definition) is 2. The Morgan fingerprint density at radius 2 is 1.88 bits per heavy atom. The highest BCUT2D eigenvalue weighted by Gasteiger charge is 2.46. The third-order valence-corrected chi connectivity index (χ3v) is 3.59. The van der Waals surface area contributed by atoms with Crippen LogP contribution in [0.3, 0.4) is 0 Å². The SMILES string of the molecule is CCC1(C(C)C)CN(C(=O)OC(C)(C)C)C1. The van der Waals surface area contributed by atoms with Gasteiger partial charge in [0.1, 0.15) is 5.60 Å². The summed E-state index contributed by atoms with van der Waals surface area (Å²) >= 11 is 0. The van der Waals surface area contributed by atoms with Gasteiger partial charge in [0.25, 0.3) is 0 Å². The lowest BCUT2D eigenvalue weighted by Crippen LogP contribution is -2.61. The smallest absolute Gasteiger partial charge is 0.410 e. The second-order valence-corrected chi connectivity index (χ2v) is 6.21. The van der Waals surface area contributed by atoms with E-state index in [-0.39, 0.29) is 11.7 Å². The number of rotatable bonds is 2. The minimum Gasteiger partial charge on any atom is -0.444 e. The highest BCUT2D eigenvalue weighted by molar-refractivity contribution is 5.69. The molecule has 1 rings (SSSR count). The van der Waals surface area contributed by atoms with Gasteiger partial charge in [0, 0.05) is 18.5 Å². The van der Waals surface area contributed by atoms with E-state index in [0.29, 0.717) is 11.3 Å². The van der Waals surface area contributed by atoms with E-state index in [2.05, 4.69) is 20.8 Å². The molecular formula is C13H25NO2. The van der Waals surface area contributed by atoms with Gasteiger partial charge < -0.3 is 9.64 Å². The van der Waals surface area contributed by atoms with E-state index in [1.807, 2.05) is 25.7 Å². The first kappa shape index (κ1) is 13.3. The molecule has 0 radical (unpaired) electrons. The maximum atomic E-state index is 11.8. The topological polar surface area (TPSA) is 29.5 Å². The molecule has 1 saturated heterocycles. The number of nitrogens with zero attached hydrogens (tertiary/aromatic N) is 1. The number of amides is 1. The summed E-state index contributed by atoms with van der Waals surface area (Å²) < 4.78 is 5.35. The van der Waals surface area contributed by atoms with Crippen molar-refractivity contribution in [2.75, 3.05) is 13.1 Å². The van der Waals surface area contributed by atoms with Crippen molar-refractivity contribution >= 4 is 6.09 Å². The molecule has 0 bridgehead atoms. The Morgan fingerprint density at radius 1 is 1.38 bits per heavy atom. The number of ether oxygens (including phenoxy) is 1. The van der Waals surface area contributed by atoms with Crippen molar-refractivity contribution in [1.82, 2.24) is 4.90 Å². The van der Waals surface area contributed by atoms with Gasteiger partial charge in [0.15, 0.2) is 0 Å². The summed E-state index contributed by atoms with van der Waals surface area (Å²) in [7, 11) is 0. The number of carbonyl (C=O) groups excluding carboxylic acids is 1. The molecule has 0 spiro atoms. The number of hydrogen-bond donors (Lipinski definition) is 0. The van der Waals surface area contributed by atoms with Crippen LogP contribution in [0.25, 0.3) is 0 Å². The van der Waals surface area contributed by atoms with E-state index in [4.69, 9.17) is 4.74 Å². The summed E-state index contributed by atoms with van der Waals surface area (Å²) in [4.78, 5) is 13.6. The first-order valence-electron chi connectivity index (χ1n) is 6.18. The Bertz CT molecular complexity index is 260. The molecule has 0 N–H and O–H groups in total. The zero-order valence-corrected chi connectivity index (χ0v) is 11.5. The highest BCUT2D eigenvalue weighted by Crippen LogP contribution is 2.41. The van der Waals surface area contributed by atoms with Gasteiger partial charge in [-0.2, -0.15) is 0 Å². The minimum absolute atomic E-state index is 0.169. The van der Waals surface area contributed by atoms with Gasteiger partial charge in [-0.3, -0.25) is 0 Å². The standard InChI is InChI=1S/C13H25NO2/c1-7-13(10(2)3)8-14(9-13)11(15)16-12(4,5)6/h10H,7-9H2,1-6H3. The van der Waals surface area contributed by atoms with Crippen molar-refractivity contribution in [3.63, 3.8) is 0 Å². The molecule has 1 amide bonds. The molecule has 0 unspecified atom stereocenters. The number of carbonyl (C=O) groups is 1. The maximum absolute atomic E-state index is 11.8. The monoisotopic (exact) mass is 227 g/mol. The van der Waals surface area contributed by atoms with Crippen LogP contribution < -0.4 is 0 Å². The van der Waals surface area contributed by atoms with Crippen LogP contribution in [0.1, 0.15) is 48.0 Å². The molecular weight excluding hydrogens is 202 g/mol. The molecule has 0 aromatic rings. The van der Waals surface area contributed by atoms with Crippen LogP contribution in [0.2, 0.25) is 0 Å². The van der Waals surface area contributed by atoms with Crippen LogP contribution in [0, 0.1) is 11.3 Å². The van der Waals surface area contributed by atoms with Crippen LogP contribution in [0.15, 0.2) is 0 Å². The van der Waals surface area contributed by atoms with Crippen LogP contribution in [-0.2, 0) is 4.74 Å². The maximum Gasteiger partial charge on any atom is 0.410 e. The molecule has 1 heterocycles. The molecule has 94 valence electrons. The van der Waals surface area contributed by atoms with Gasteiger partial charge in [0.05, 0.1) is 0 Å². The fourth-order valence-electron chi connectivity index (χ4n) is 2.17. The molecule has 3 heteroatoms. The second kappa shape index (κ2) is 4.27. The van der Waals surface area contributed by atoms with Crippen molar-refractivity contribution in [2.24, 2.45) is 11.3 Å². The van der Waals surface area contributed by atoms with Gasteiger partial charge in [-0.1, -0.05) is 20.8 Å². The molecule has 0 aromatic carbocycles. The Kier molecular flexibility index (Phi) is 3.56. The molecule has 0 aromatic heterocycles. The zero-order chi connectivity index (χ0) is 12.6. The van der Waals surface area contributed by atoms with E-state index < -0.39 is 0 Å². The minimum atomic E-state index is -0.390. The molecule has 3 nitrogen and oxygen atoms in total. The highest BCUT2D eigenvalue weighted by atomic mass is 16.6. The summed E-state index contributed by atoms with van der Waals surface area (Å²) in [5.41, 5.74) is -0.0731. The lowest BCUT2D eigenvalue weighted by Gasteiger charge is -2.52. The average Bonchev–Trinajstić information content (AvgIpc) is 1.98. The van der Waals surface area contributed by atoms with Gasteiger partial charge in [-0.25, -0.2) is 4.79 Å². The molecule has 0 saturated carbocycles. The van der Waals surface area contributed by atoms with Crippen molar-refractivity contribution in [1.29, 1.82) is 0 Å². The van der Waals surface area contributed by atoms with Crippen molar-refractivity contribution in [3.05, 3.63) is 0 Å². The lowest BCUT2D eigenvalue weighted by molar-refractivity contribution is -0.0554. The van der Waals surface area contributed by atoms with E-state index in [1.54, 1.807) is 0 Å². The summed E-state index contributed by atoms with van der Waals surface area (Å²) in [6.45, 7) is 14.1. The molecule has 1 aliphatic rings. The van der Waals surface area contributed by atoms with E-state index in [1.165, 1.54) is 0 Å². The van der Waals surface area contributed by atoms with E-state index in [0.717, 1.165) is 19.5 Å². The Morgan fingerprint density at radius 3 is 2.19 bits per heavy atom. The molecule has 1 aliphatic heterocycles. The fourth-order valence-corrected chi connectivity index (χ4v) is 2.17. The van der Waals surface area contributed by atoms with Gasteiger partial charge in [0.2, 0.25) is 0 Å². The van der Waals surface area contributed by atoms with E-state index >= 15 is 0 Å². The first-order valence-corrected chi connectivity index (χ1v) is 6.18. The summed E-state index contributed by atoms with van der Waals surface area (Å²) in [6, 6.07) is 0. The summed E-state index contributed by atoms with van der Waals surface area (Å²) in [5.74, 6) is 0.621. The third-order valence-electron chi connectivity index (χ3n) is 3.59. The first-order chi connectivity index (χ1) is 7.20. The molecule has 0 atom stereocenters. The Labute approximate surface area is 99.1 Å². The van der Waals surface area contributed by atoms with Gasteiger partial charge in [-0.05, 0) is 33.1 Å². The van der Waals surface area contributed by atoms with Crippen LogP contribution in [0.4, 0.5) is 4.79 Å². The van der Waals surface area contributed by atoms with Crippen molar-refractivity contribution in [3.8, 4) is 0 Å². The summed E-state index contributed by atoms with van der Waals surface area (Å²) in [5, 5.41) is 0. The lowest BCUT2D eigenvalue weighted by atomic mass is 9.69. The number of likely N-dealkylation sites (tertiary alicyclic amines) is 1. The van der Waals surface area contributed by atoms with Gasteiger partial charge >= 0.3 is 6.09 Å². The Balaban J connectivity index is 2.49.